The SMILES string of the molecule is COC(=O)[C@H]1N(c2ccccc2)C(=Nc2ccccc2)N(c2ccccc2)[C@@]12C[C@H]2C(C)C. The second-order valence-corrected chi connectivity index (χ2v) is 9.10. The van der Waals surface area contributed by atoms with Crippen molar-refractivity contribution in [3.05, 3.63) is 91.0 Å². The fraction of sp³-hybridized carbons (Fsp3) is 0.286. The van der Waals surface area contributed by atoms with E-state index in [4.69, 9.17) is 9.73 Å². The predicted octanol–water partition coefficient (Wildman–Crippen LogP) is 5.66. The zero-order chi connectivity index (χ0) is 23.0. The molecule has 1 spiro atoms. The van der Waals surface area contributed by atoms with Crippen LogP contribution >= 0.6 is 0 Å². The van der Waals surface area contributed by atoms with E-state index >= 15 is 0 Å². The minimum absolute atomic E-state index is 0.235. The van der Waals surface area contributed by atoms with E-state index in [-0.39, 0.29) is 5.97 Å². The Morgan fingerprint density at radius 2 is 1.45 bits per heavy atom. The molecule has 5 nitrogen and oxygen atoms in total. The smallest absolute Gasteiger partial charge is 0.331 e. The molecule has 33 heavy (non-hydrogen) atoms. The third kappa shape index (κ3) is 3.48. The molecule has 2 aliphatic rings. The summed E-state index contributed by atoms with van der Waals surface area (Å²) >= 11 is 0. The molecule has 0 amide bonds. The van der Waals surface area contributed by atoms with Gasteiger partial charge < -0.3 is 9.64 Å². The van der Waals surface area contributed by atoms with E-state index in [0.29, 0.717) is 11.8 Å². The number of aliphatic imine (C=N–C) groups is 1. The van der Waals surface area contributed by atoms with Gasteiger partial charge in [-0.15, -0.1) is 0 Å². The molecule has 0 unspecified atom stereocenters. The third-order valence-electron chi connectivity index (χ3n) is 6.86. The van der Waals surface area contributed by atoms with Crippen LogP contribution in [0.1, 0.15) is 20.3 Å². The normalized spacial score (nSPS) is 25.2. The highest BCUT2D eigenvalue weighted by Crippen LogP contribution is 2.61. The monoisotopic (exact) mass is 439 g/mol. The average molecular weight is 440 g/mol. The second kappa shape index (κ2) is 8.39. The minimum Gasteiger partial charge on any atom is -0.467 e. The maximum absolute atomic E-state index is 13.5. The van der Waals surface area contributed by atoms with E-state index in [9.17, 15) is 4.79 Å². The van der Waals surface area contributed by atoms with Crippen molar-refractivity contribution in [1.29, 1.82) is 0 Å². The predicted molar refractivity (Wildman–Crippen MR) is 133 cm³/mol. The molecule has 5 rings (SSSR count). The highest BCUT2D eigenvalue weighted by molar-refractivity contribution is 6.17. The lowest BCUT2D eigenvalue weighted by Crippen LogP contribution is -2.48. The van der Waals surface area contributed by atoms with Gasteiger partial charge in [-0.3, -0.25) is 4.90 Å². The summed E-state index contributed by atoms with van der Waals surface area (Å²) in [5, 5.41) is 0. The topological polar surface area (TPSA) is 45.1 Å². The molecule has 0 radical (unpaired) electrons. The van der Waals surface area contributed by atoms with Crippen molar-refractivity contribution in [3.8, 4) is 0 Å². The summed E-state index contributed by atoms with van der Waals surface area (Å²) in [5.41, 5.74) is 2.38. The molecule has 1 saturated carbocycles. The molecule has 0 N–H and O–H groups in total. The van der Waals surface area contributed by atoms with Crippen LogP contribution in [0.4, 0.5) is 17.1 Å². The first-order valence-corrected chi connectivity index (χ1v) is 11.5. The van der Waals surface area contributed by atoms with Crippen LogP contribution in [0.2, 0.25) is 0 Å². The Morgan fingerprint density at radius 3 is 1.97 bits per heavy atom. The summed E-state index contributed by atoms with van der Waals surface area (Å²) in [4.78, 5) is 23.0. The van der Waals surface area contributed by atoms with Crippen LogP contribution in [-0.4, -0.2) is 30.6 Å². The van der Waals surface area contributed by atoms with Crippen molar-refractivity contribution in [2.24, 2.45) is 16.8 Å². The summed E-state index contributed by atoms with van der Waals surface area (Å²) in [6, 6.07) is 29.7. The Kier molecular flexibility index (Phi) is 5.41. The van der Waals surface area contributed by atoms with Gasteiger partial charge in [-0.1, -0.05) is 68.4 Å². The van der Waals surface area contributed by atoms with Crippen LogP contribution in [-0.2, 0) is 9.53 Å². The molecule has 3 aromatic rings. The van der Waals surface area contributed by atoms with Crippen molar-refractivity contribution in [1.82, 2.24) is 0 Å². The molecule has 168 valence electrons. The fourth-order valence-corrected chi connectivity index (χ4v) is 5.36. The zero-order valence-corrected chi connectivity index (χ0v) is 19.3. The Labute approximate surface area is 195 Å². The summed E-state index contributed by atoms with van der Waals surface area (Å²) in [6.07, 6.45) is 0.899. The van der Waals surface area contributed by atoms with Crippen LogP contribution in [0.5, 0.6) is 0 Å². The van der Waals surface area contributed by atoms with Crippen molar-refractivity contribution >= 4 is 29.0 Å². The molecule has 0 aromatic heterocycles. The number of benzene rings is 3. The first-order valence-electron chi connectivity index (χ1n) is 11.5. The first kappa shape index (κ1) is 21.3. The van der Waals surface area contributed by atoms with Crippen molar-refractivity contribution in [2.45, 2.75) is 31.8 Å². The van der Waals surface area contributed by atoms with E-state index in [1.54, 1.807) is 0 Å². The van der Waals surface area contributed by atoms with Gasteiger partial charge in [-0.2, -0.15) is 0 Å². The maximum atomic E-state index is 13.5. The number of rotatable bonds is 5. The zero-order valence-electron chi connectivity index (χ0n) is 19.3. The molecule has 3 atom stereocenters. The molecule has 3 aromatic carbocycles. The molecule has 1 aliphatic carbocycles. The largest absolute Gasteiger partial charge is 0.467 e. The lowest BCUT2D eigenvalue weighted by Gasteiger charge is -2.29. The number of nitrogens with zero attached hydrogens (tertiary/aromatic N) is 3. The Bertz CT molecular complexity index is 1150. The summed E-state index contributed by atoms with van der Waals surface area (Å²) in [7, 11) is 1.48. The van der Waals surface area contributed by atoms with Gasteiger partial charge in [0.05, 0.1) is 18.3 Å². The quantitative estimate of drug-likeness (QED) is 0.482. The lowest BCUT2D eigenvalue weighted by atomic mass is 9.96. The molecular formula is C28H29N3O2. The number of para-hydroxylation sites is 3. The van der Waals surface area contributed by atoms with E-state index in [1.807, 2.05) is 78.9 Å². The van der Waals surface area contributed by atoms with Crippen LogP contribution in [0.3, 0.4) is 0 Å². The van der Waals surface area contributed by atoms with Crippen LogP contribution in [0.25, 0.3) is 0 Å². The molecule has 1 aliphatic heterocycles. The fourth-order valence-electron chi connectivity index (χ4n) is 5.36. The maximum Gasteiger partial charge on any atom is 0.331 e. The van der Waals surface area contributed by atoms with Gasteiger partial charge in [-0.05, 0) is 54.7 Å². The summed E-state index contributed by atoms with van der Waals surface area (Å²) < 4.78 is 5.41. The van der Waals surface area contributed by atoms with Crippen molar-refractivity contribution < 1.29 is 9.53 Å². The second-order valence-electron chi connectivity index (χ2n) is 9.10. The molecule has 1 saturated heterocycles. The average Bonchev–Trinajstić information content (AvgIpc) is 3.52. The Morgan fingerprint density at radius 1 is 0.909 bits per heavy atom. The molecule has 0 bridgehead atoms. The van der Waals surface area contributed by atoms with Crippen LogP contribution < -0.4 is 9.80 Å². The van der Waals surface area contributed by atoms with E-state index in [0.717, 1.165) is 29.4 Å². The van der Waals surface area contributed by atoms with Gasteiger partial charge in [0.15, 0.2) is 6.04 Å². The van der Waals surface area contributed by atoms with Crippen LogP contribution in [0, 0.1) is 11.8 Å². The Hall–Kier alpha value is -3.60. The lowest BCUT2D eigenvalue weighted by molar-refractivity contribution is -0.142. The Balaban J connectivity index is 1.79. The number of esters is 1. The van der Waals surface area contributed by atoms with Crippen molar-refractivity contribution in [3.63, 3.8) is 0 Å². The van der Waals surface area contributed by atoms with Gasteiger partial charge >= 0.3 is 5.97 Å². The summed E-state index contributed by atoms with van der Waals surface area (Å²) in [6.45, 7) is 4.46. The van der Waals surface area contributed by atoms with Gasteiger partial charge in [0.25, 0.3) is 0 Å². The highest BCUT2D eigenvalue weighted by atomic mass is 16.5. The van der Waals surface area contributed by atoms with Gasteiger partial charge in [0, 0.05) is 11.4 Å². The van der Waals surface area contributed by atoms with Gasteiger partial charge in [-0.25, -0.2) is 9.79 Å². The first-order chi connectivity index (χ1) is 16.1. The van der Waals surface area contributed by atoms with E-state index < -0.39 is 11.6 Å². The number of hydrogen-bond acceptors (Lipinski definition) is 3. The van der Waals surface area contributed by atoms with Crippen molar-refractivity contribution in [2.75, 3.05) is 16.9 Å². The number of methoxy groups -OCH3 is 1. The summed E-state index contributed by atoms with van der Waals surface area (Å²) in [5.74, 6) is 1.26. The molecular weight excluding hydrogens is 410 g/mol. The van der Waals surface area contributed by atoms with E-state index in [1.165, 1.54) is 7.11 Å². The number of carbonyl (C=O) groups is 1. The minimum atomic E-state index is -0.500. The molecule has 5 heteroatoms. The number of hydrogen-bond donors (Lipinski definition) is 0. The molecule has 1 heterocycles. The number of anilines is 2. The van der Waals surface area contributed by atoms with Gasteiger partial charge in [0.2, 0.25) is 5.96 Å². The number of ether oxygens (including phenoxy) is 1. The number of guanidine groups is 1. The molecule has 2 fully saturated rings. The van der Waals surface area contributed by atoms with Crippen LogP contribution in [0.15, 0.2) is 96.0 Å². The third-order valence-corrected chi connectivity index (χ3v) is 6.86. The standard InChI is InChI=1S/C28H29N3O2/c1-20(2)24-19-28(24)25(26(32)33-3)30(22-15-9-5-10-16-22)27(29-21-13-7-4-8-14-21)31(28)23-17-11-6-12-18-23/h4-18,20,24-25H,19H2,1-3H3/t24-,25+,28+/m0/s1. The van der Waals surface area contributed by atoms with Gasteiger partial charge in [0.1, 0.15) is 0 Å². The number of carbonyl (C=O) groups excluding carboxylic acids is 1. The highest BCUT2D eigenvalue weighted by Gasteiger charge is 2.73. The van der Waals surface area contributed by atoms with E-state index in [2.05, 4.69) is 35.8 Å².